The van der Waals surface area contributed by atoms with E-state index in [0.717, 1.165) is 53.9 Å². The Bertz CT molecular complexity index is 1130. The maximum atomic E-state index is 4.75. The molecule has 7 nitrogen and oxygen atoms in total. The molecule has 2 aliphatic rings. The summed E-state index contributed by atoms with van der Waals surface area (Å²) in [4.78, 5) is 9.95. The Kier molecular flexibility index (Phi) is 7.11. The second kappa shape index (κ2) is 10.6. The van der Waals surface area contributed by atoms with E-state index >= 15 is 0 Å². The molecule has 0 amide bonds. The van der Waals surface area contributed by atoms with Crippen LogP contribution in [0.25, 0.3) is 22.5 Å². The maximum absolute atomic E-state index is 4.75. The molecule has 2 aromatic heterocycles. The van der Waals surface area contributed by atoms with E-state index in [2.05, 4.69) is 81.7 Å². The zero-order valence-electron chi connectivity index (χ0n) is 21.2. The van der Waals surface area contributed by atoms with Gasteiger partial charge in [-0.05, 0) is 65.6 Å². The van der Waals surface area contributed by atoms with Crippen LogP contribution in [0.15, 0.2) is 54.5 Å². The zero-order chi connectivity index (χ0) is 24.2. The smallest absolute Gasteiger partial charge is 0.204 e. The Morgan fingerprint density at radius 2 is 1.80 bits per heavy atom. The van der Waals surface area contributed by atoms with E-state index in [0.29, 0.717) is 11.9 Å². The molecule has 0 spiro atoms. The van der Waals surface area contributed by atoms with Gasteiger partial charge in [0.2, 0.25) is 5.82 Å². The Labute approximate surface area is 208 Å². The van der Waals surface area contributed by atoms with Gasteiger partial charge in [0.25, 0.3) is 0 Å². The molecule has 1 aliphatic heterocycles. The highest BCUT2D eigenvalue weighted by molar-refractivity contribution is 5.70. The van der Waals surface area contributed by atoms with Crippen LogP contribution in [-0.2, 0) is 6.54 Å². The van der Waals surface area contributed by atoms with E-state index in [9.17, 15) is 0 Å². The molecule has 0 saturated heterocycles. The first kappa shape index (κ1) is 23.5. The minimum atomic E-state index is 0.607. The molecule has 5 rings (SSSR count). The second-order valence-corrected chi connectivity index (χ2v) is 9.99. The molecule has 1 saturated carbocycles. The second-order valence-electron chi connectivity index (χ2n) is 9.99. The highest BCUT2D eigenvalue weighted by Crippen LogP contribution is 2.44. The van der Waals surface area contributed by atoms with Gasteiger partial charge in [-0.25, -0.2) is 0 Å². The molecule has 1 fully saturated rings. The van der Waals surface area contributed by atoms with Crippen molar-refractivity contribution in [1.82, 2.24) is 35.4 Å². The summed E-state index contributed by atoms with van der Waals surface area (Å²) in [5.74, 6) is 2.27. The number of nitrogens with zero attached hydrogens (tertiary/aromatic N) is 6. The first-order chi connectivity index (χ1) is 17.2. The van der Waals surface area contributed by atoms with Crippen LogP contribution in [0.5, 0.6) is 0 Å². The van der Waals surface area contributed by atoms with Crippen LogP contribution in [0.3, 0.4) is 0 Å². The molecular weight excluding hydrogens is 434 g/mol. The van der Waals surface area contributed by atoms with Gasteiger partial charge in [-0.15, -0.1) is 10.2 Å². The molecule has 1 aliphatic carbocycles. The van der Waals surface area contributed by atoms with Crippen molar-refractivity contribution in [2.24, 2.45) is 11.8 Å². The van der Waals surface area contributed by atoms with Crippen molar-refractivity contribution in [3.8, 4) is 22.5 Å². The standard InChI is InChI=1S/C28H37N7/c1-4-7-11-26-18-35(27-20(5-2)14-21(27)6-3)19-34(26)17-25-16-23(12-13-29-25)22-9-8-10-24(15-22)28-30-32-33-31-28/h8-10,12-13,15-16,18,20-21,27H,4-7,11,14,17,19H2,1-3H3,(H,30,31,32,33). The number of nitrogens with one attached hydrogen (secondary N) is 1. The van der Waals surface area contributed by atoms with E-state index in [1.54, 1.807) is 0 Å². The summed E-state index contributed by atoms with van der Waals surface area (Å²) < 4.78 is 0. The van der Waals surface area contributed by atoms with Gasteiger partial charge in [0.1, 0.15) is 0 Å². The molecule has 184 valence electrons. The van der Waals surface area contributed by atoms with E-state index < -0.39 is 0 Å². The third kappa shape index (κ3) is 4.95. The molecule has 3 heterocycles. The van der Waals surface area contributed by atoms with Gasteiger partial charge in [0.15, 0.2) is 0 Å². The summed E-state index contributed by atoms with van der Waals surface area (Å²) in [5.41, 5.74) is 5.81. The van der Waals surface area contributed by atoms with E-state index in [1.165, 1.54) is 37.8 Å². The predicted octanol–water partition coefficient (Wildman–Crippen LogP) is 5.86. The number of H-pyrrole nitrogens is 1. The average molecular weight is 472 g/mol. The van der Waals surface area contributed by atoms with Crippen LogP contribution < -0.4 is 0 Å². The molecule has 0 radical (unpaired) electrons. The van der Waals surface area contributed by atoms with Crippen LogP contribution in [-0.4, -0.2) is 48.1 Å². The summed E-state index contributed by atoms with van der Waals surface area (Å²) in [6.45, 7) is 8.79. The van der Waals surface area contributed by atoms with Gasteiger partial charge in [-0.2, -0.15) is 5.21 Å². The Morgan fingerprint density at radius 1 is 1.00 bits per heavy atom. The lowest BCUT2D eigenvalue weighted by molar-refractivity contribution is 0.0116. The van der Waals surface area contributed by atoms with Crippen LogP contribution in [0.4, 0.5) is 0 Å². The number of unbranched alkanes of at least 4 members (excludes halogenated alkanes) is 1. The van der Waals surface area contributed by atoms with Crippen LogP contribution in [0.1, 0.15) is 65.0 Å². The van der Waals surface area contributed by atoms with Gasteiger partial charge in [0.05, 0.1) is 18.9 Å². The average Bonchev–Trinajstić information content (AvgIpc) is 3.54. The van der Waals surface area contributed by atoms with Crippen molar-refractivity contribution in [2.45, 2.75) is 71.9 Å². The number of aromatic amines is 1. The number of rotatable bonds is 10. The van der Waals surface area contributed by atoms with Crippen molar-refractivity contribution < 1.29 is 0 Å². The highest BCUT2D eigenvalue weighted by atomic mass is 15.5. The number of hydrogen-bond acceptors (Lipinski definition) is 6. The lowest BCUT2D eigenvalue weighted by Gasteiger charge is -2.49. The summed E-state index contributed by atoms with van der Waals surface area (Å²) >= 11 is 0. The number of hydrogen-bond donors (Lipinski definition) is 1. The minimum absolute atomic E-state index is 0.607. The summed E-state index contributed by atoms with van der Waals surface area (Å²) in [6, 6.07) is 13.3. The number of aromatic nitrogens is 5. The molecular formula is C28H37N7. The third-order valence-electron chi connectivity index (χ3n) is 7.81. The Morgan fingerprint density at radius 3 is 2.54 bits per heavy atom. The Hall–Kier alpha value is -3.22. The molecule has 2 unspecified atom stereocenters. The van der Waals surface area contributed by atoms with Gasteiger partial charge >= 0.3 is 0 Å². The van der Waals surface area contributed by atoms with Crippen molar-refractivity contribution in [2.75, 3.05) is 6.67 Å². The third-order valence-corrected chi connectivity index (χ3v) is 7.81. The molecule has 1 N–H and O–H groups in total. The monoisotopic (exact) mass is 471 g/mol. The van der Waals surface area contributed by atoms with Crippen molar-refractivity contribution in [3.63, 3.8) is 0 Å². The molecule has 1 aromatic carbocycles. The molecule has 7 heteroatoms. The normalized spacial score (nSPS) is 21.8. The Balaban J connectivity index is 1.34. The largest absolute Gasteiger partial charge is 0.355 e. The van der Waals surface area contributed by atoms with E-state index in [-0.39, 0.29) is 0 Å². The number of allylic oxidation sites excluding steroid dienone is 1. The number of benzene rings is 1. The molecule has 3 aromatic rings. The van der Waals surface area contributed by atoms with Crippen LogP contribution in [0.2, 0.25) is 0 Å². The first-order valence-electron chi connectivity index (χ1n) is 13.2. The SMILES string of the molecule is CCCCC1=CN(C2C(CC)CC2CC)CN1Cc1cc(-c2cccc(-c3nn[nH]n3)c2)ccn1. The van der Waals surface area contributed by atoms with Crippen LogP contribution in [0, 0.1) is 11.8 Å². The highest BCUT2D eigenvalue weighted by Gasteiger charge is 2.43. The summed E-state index contributed by atoms with van der Waals surface area (Å²) in [6.07, 6.45) is 11.9. The predicted molar refractivity (Wildman–Crippen MR) is 139 cm³/mol. The quantitative estimate of drug-likeness (QED) is 0.399. The van der Waals surface area contributed by atoms with Crippen molar-refractivity contribution >= 4 is 0 Å². The zero-order valence-corrected chi connectivity index (χ0v) is 21.2. The number of pyridine rings is 1. The topological polar surface area (TPSA) is 73.8 Å². The van der Waals surface area contributed by atoms with E-state index in [1.807, 2.05) is 18.3 Å². The summed E-state index contributed by atoms with van der Waals surface area (Å²) in [7, 11) is 0. The van der Waals surface area contributed by atoms with Gasteiger partial charge in [0, 0.05) is 29.7 Å². The van der Waals surface area contributed by atoms with Crippen molar-refractivity contribution in [3.05, 3.63) is 60.2 Å². The lowest BCUT2D eigenvalue weighted by Crippen LogP contribution is -2.52. The minimum Gasteiger partial charge on any atom is -0.355 e. The molecule has 2 atom stereocenters. The fraction of sp³-hybridized carbons (Fsp3) is 0.500. The van der Waals surface area contributed by atoms with E-state index in [4.69, 9.17) is 4.98 Å². The van der Waals surface area contributed by atoms with Gasteiger partial charge in [-0.3, -0.25) is 4.98 Å². The van der Waals surface area contributed by atoms with Gasteiger partial charge < -0.3 is 9.80 Å². The maximum Gasteiger partial charge on any atom is 0.204 e. The first-order valence-corrected chi connectivity index (χ1v) is 13.2. The molecule has 0 bridgehead atoms. The van der Waals surface area contributed by atoms with Crippen LogP contribution >= 0.6 is 0 Å². The lowest BCUT2D eigenvalue weighted by atomic mass is 9.67. The fourth-order valence-electron chi connectivity index (χ4n) is 5.79. The van der Waals surface area contributed by atoms with Crippen molar-refractivity contribution in [1.29, 1.82) is 0 Å². The van der Waals surface area contributed by atoms with Gasteiger partial charge in [-0.1, -0.05) is 58.2 Å². The summed E-state index contributed by atoms with van der Waals surface area (Å²) in [5, 5.41) is 14.5. The fourth-order valence-corrected chi connectivity index (χ4v) is 5.79. The molecule has 35 heavy (non-hydrogen) atoms. The number of tetrazole rings is 1.